The molecule has 1 N–H and O–H groups in total. The van der Waals surface area contributed by atoms with Crippen LogP contribution < -0.4 is 5.32 Å². The van der Waals surface area contributed by atoms with Crippen molar-refractivity contribution in [3.63, 3.8) is 0 Å². The van der Waals surface area contributed by atoms with Gasteiger partial charge in [-0.3, -0.25) is 4.79 Å². The summed E-state index contributed by atoms with van der Waals surface area (Å²) in [5.41, 5.74) is 0.858. The van der Waals surface area contributed by atoms with Gasteiger partial charge in [-0.15, -0.1) is 36.2 Å². The summed E-state index contributed by atoms with van der Waals surface area (Å²) in [5.74, 6) is 0.133. The molecule has 2 atom stereocenters. The van der Waals surface area contributed by atoms with Crippen LogP contribution in [0.25, 0.3) is 0 Å². The maximum Gasteiger partial charge on any atom is 0.265 e. The number of amides is 1. The Kier molecular flexibility index (Phi) is 7.29. The van der Waals surface area contributed by atoms with Gasteiger partial charge in [-0.1, -0.05) is 0 Å². The highest BCUT2D eigenvalue weighted by atomic mass is 35.5. The summed E-state index contributed by atoms with van der Waals surface area (Å²) < 4.78 is 0. The Morgan fingerprint density at radius 2 is 1.79 bits per heavy atom. The van der Waals surface area contributed by atoms with Crippen LogP contribution in [0.3, 0.4) is 0 Å². The first-order valence-electron chi connectivity index (χ1n) is 5.96. The fourth-order valence-corrected chi connectivity index (χ4v) is 3.25. The maximum atomic E-state index is 12.4. The van der Waals surface area contributed by atoms with Gasteiger partial charge in [0.2, 0.25) is 0 Å². The molecule has 0 bridgehead atoms. The Balaban J connectivity index is 0.00000162. The number of rotatable bonds is 1. The number of nitrogens with zero attached hydrogens (tertiary/aromatic N) is 2. The van der Waals surface area contributed by atoms with Crippen molar-refractivity contribution in [3.8, 4) is 0 Å². The van der Waals surface area contributed by atoms with E-state index in [1.807, 2.05) is 18.7 Å². The van der Waals surface area contributed by atoms with E-state index in [0.29, 0.717) is 12.1 Å². The minimum Gasteiger partial charge on any atom is -0.335 e. The molecule has 0 spiro atoms. The van der Waals surface area contributed by atoms with Gasteiger partial charge in [-0.05, 0) is 27.7 Å². The van der Waals surface area contributed by atoms with Crippen LogP contribution in [0.1, 0.15) is 34.2 Å². The van der Waals surface area contributed by atoms with Crippen molar-refractivity contribution >= 4 is 42.1 Å². The number of piperazine rings is 1. The van der Waals surface area contributed by atoms with Gasteiger partial charge in [0.15, 0.2) is 0 Å². The summed E-state index contributed by atoms with van der Waals surface area (Å²) in [6.45, 7) is 9.63. The predicted molar refractivity (Wildman–Crippen MR) is 84.0 cm³/mol. The molecule has 1 saturated heterocycles. The molecule has 19 heavy (non-hydrogen) atoms. The van der Waals surface area contributed by atoms with Gasteiger partial charge in [0.05, 0.1) is 10.7 Å². The van der Waals surface area contributed by atoms with Crippen molar-refractivity contribution in [2.24, 2.45) is 0 Å². The molecule has 0 radical (unpaired) electrons. The maximum absolute atomic E-state index is 12.4. The van der Waals surface area contributed by atoms with E-state index in [9.17, 15) is 4.79 Å². The molecule has 1 fully saturated rings. The monoisotopic (exact) mass is 325 g/mol. The molecule has 0 aliphatic carbocycles. The third-order valence-electron chi connectivity index (χ3n) is 2.94. The minimum atomic E-state index is 0. The Labute approximate surface area is 130 Å². The second-order valence-corrected chi connectivity index (χ2v) is 6.03. The smallest absolute Gasteiger partial charge is 0.265 e. The second-order valence-electron chi connectivity index (χ2n) is 4.83. The summed E-state index contributed by atoms with van der Waals surface area (Å²) in [4.78, 5) is 19.4. The van der Waals surface area contributed by atoms with Gasteiger partial charge >= 0.3 is 0 Å². The topological polar surface area (TPSA) is 45.2 Å². The van der Waals surface area contributed by atoms with Crippen molar-refractivity contribution in [1.29, 1.82) is 0 Å². The number of hydrogen-bond donors (Lipinski definition) is 1. The minimum absolute atomic E-state index is 0. The van der Waals surface area contributed by atoms with Crippen LogP contribution in [0.4, 0.5) is 0 Å². The van der Waals surface area contributed by atoms with Gasteiger partial charge in [-0.25, -0.2) is 4.98 Å². The first-order chi connectivity index (χ1) is 7.97. The Bertz CT molecular complexity index is 429. The lowest BCUT2D eigenvalue weighted by Crippen LogP contribution is -2.55. The first-order valence-corrected chi connectivity index (χ1v) is 6.78. The third-order valence-corrected chi connectivity index (χ3v) is 4.00. The second kappa shape index (κ2) is 7.43. The van der Waals surface area contributed by atoms with Gasteiger partial charge in [-0.2, -0.15) is 0 Å². The van der Waals surface area contributed by atoms with E-state index in [-0.39, 0.29) is 30.7 Å². The molecule has 1 amide bonds. The van der Waals surface area contributed by atoms with E-state index in [4.69, 9.17) is 0 Å². The lowest BCUT2D eigenvalue weighted by molar-refractivity contribution is 0.0678. The Morgan fingerprint density at radius 3 is 2.21 bits per heavy atom. The fraction of sp³-hybridized carbons (Fsp3) is 0.667. The van der Waals surface area contributed by atoms with Crippen LogP contribution in [0.15, 0.2) is 0 Å². The summed E-state index contributed by atoms with van der Waals surface area (Å²) in [7, 11) is 0. The molecule has 0 aromatic carbocycles. The van der Waals surface area contributed by atoms with E-state index < -0.39 is 0 Å². The quantitative estimate of drug-likeness (QED) is 0.862. The number of halogens is 2. The summed E-state index contributed by atoms with van der Waals surface area (Å²) in [6, 6.07) is 0.717. The number of carbonyl (C=O) groups is 1. The molecule has 1 aliphatic rings. The number of aryl methyl sites for hydroxylation is 2. The number of nitrogens with one attached hydrogen (secondary N) is 1. The largest absolute Gasteiger partial charge is 0.335 e. The lowest BCUT2D eigenvalue weighted by atomic mass is 10.1. The molecule has 2 unspecified atom stereocenters. The van der Waals surface area contributed by atoms with Gasteiger partial charge < -0.3 is 10.2 Å². The van der Waals surface area contributed by atoms with E-state index in [1.165, 1.54) is 11.3 Å². The van der Waals surface area contributed by atoms with Crippen LogP contribution in [0, 0.1) is 13.8 Å². The van der Waals surface area contributed by atoms with Crippen LogP contribution >= 0.6 is 36.2 Å². The van der Waals surface area contributed by atoms with Crippen LogP contribution in [0.5, 0.6) is 0 Å². The van der Waals surface area contributed by atoms with Gasteiger partial charge in [0, 0.05) is 25.2 Å². The molecule has 2 rings (SSSR count). The molecule has 1 aromatic heterocycles. The molecule has 0 saturated carbocycles. The number of hydrogen-bond acceptors (Lipinski definition) is 4. The average Bonchev–Trinajstić information content (AvgIpc) is 2.55. The summed E-state index contributed by atoms with van der Waals surface area (Å²) >= 11 is 1.50. The van der Waals surface area contributed by atoms with E-state index in [2.05, 4.69) is 24.1 Å². The summed E-state index contributed by atoms with van der Waals surface area (Å²) in [5, 5.41) is 4.39. The van der Waals surface area contributed by atoms with Crippen molar-refractivity contribution in [2.75, 3.05) is 13.1 Å². The SMILES string of the molecule is Cc1nc(C)c(C(=O)N2CC(C)NC(C)C2)s1.Cl.Cl. The van der Waals surface area contributed by atoms with Crippen LogP contribution in [-0.2, 0) is 0 Å². The number of carbonyl (C=O) groups excluding carboxylic acids is 1. The Hall–Kier alpha value is -0.360. The van der Waals surface area contributed by atoms with E-state index in [0.717, 1.165) is 28.7 Å². The van der Waals surface area contributed by atoms with Gasteiger partial charge in [0.25, 0.3) is 5.91 Å². The highest BCUT2D eigenvalue weighted by Crippen LogP contribution is 2.20. The molecule has 4 nitrogen and oxygen atoms in total. The fourth-order valence-electron chi connectivity index (χ4n) is 2.37. The standard InChI is InChI=1S/C12H19N3OS.2ClH/c1-7-5-15(6-8(2)13-7)12(16)11-9(3)14-10(4)17-11;;/h7-8,13H,5-6H2,1-4H3;2*1H. The normalized spacial score (nSPS) is 22.4. The highest BCUT2D eigenvalue weighted by Gasteiger charge is 2.27. The number of thiazole rings is 1. The van der Waals surface area contributed by atoms with Crippen molar-refractivity contribution in [2.45, 2.75) is 39.8 Å². The van der Waals surface area contributed by atoms with Crippen LogP contribution in [-0.4, -0.2) is 41.0 Å². The Morgan fingerprint density at radius 1 is 1.26 bits per heavy atom. The molecule has 110 valence electrons. The highest BCUT2D eigenvalue weighted by molar-refractivity contribution is 7.13. The zero-order chi connectivity index (χ0) is 12.6. The van der Waals surface area contributed by atoms with Crippen molar-refractivity contribution in [3.05, 3.63) is 15.6 Å². The van der Waals surface area contributed by atoms with E-state index in [1.54, 1.807) is 0 Å². The van der Waals surface area contributed by atoms with Crippen molar-refractivity contribution in [1.82, 2.24) is 15.2 Å². The van der Waals surface area contributed by atoms with Crippen LogP contribution in [0.2, 0.25) is 0 Å². The molecular formula is C12H21Cl2N3OS. The van der Waals surface area contributed by atoms with Crippen molar-refractivity contribution < 1.29 is 4.79 Å². The molecule has 7 heteroatoms. The zero-order valence-corrected chi connectivity index (χ0v) is 14.0. The number of aromatic nitrogens is 1. The van der Waals surface area contributed by atoms with E-state index >= 15 is 0 Å². The zero-order valence-electron chi connectivity index (χ0n) is 11.6. The third kappa shape index (κ3) is 4.31. The predicted octanol–water partition coefficient (Wildman–Crippen LogP) is 2.43. The molecular weight excluding hydrogens is 305 g/mol. The molecule has 1 aromatic rings. The van der Waals surface area contributed by atoms with Gasteiger partial charge in [0.1, 0.15) is 4.88 Å². The molecule has 2 heterocycles. The molecule has 1 aliphatic heterocycles. The first kappa shape index (κ1) is 18.6. The lowest BCUT2D eigenvalue weighted by Gasteiger charge is -2.36. The summed E-state index contributed by atoms with van der Waals surface area (Å²) in [6.07, 6.45) is 0. The average molecular weight is 326 g/mol.